The van der Waals surface area contributed by atoms with Gasteiger partial charge in [0.2, 0.25) is 0 Å². The Kier molecular flexibility index (Phi) is 7.15. The molecule has 3 rings (SSSR count). The molecule has 2 amide bonds. The number of benzene rings is 2. The molecule has 2 aromatic carbocycles. The van der Waals surface area contributed by atoms with Crippen LogP contribution in [0.2, 0.25) is 0 Å². The number of amides is 2. The molecule has 0 saturated carbocycles. The lowest BCUT2D eigenvalue weighted by Gasteiger charge is -2.13. The van der Waals surface area contributed by atoms with Crippen molar-refractivity contribution >= 4 is 29.0 Å². The van der Waals surface area contributed by atoms with Crippen molar-refractivity contribution in [3.05, 3.63) is 64.1 Å². The fraction of sp³-hybridized carbons (Fsp3) is 0.261. The van der Waals surface area contributed by atoms with Crippen molar-refractivity contribution in [2.45, 2.75) is 26.8 Å². The third kappa shape index (κ3) is 4.84. The fourth-order valence-corrected chi connectivity index (χ4v) is 3.78. The highest BCUT2D eigenvalue weighted by Crippen LogP contribution is 2.35. The second kappa shape index (κ2) is 9.99. The van der Waals surface area contributed by atoms with Crippen LogP contribution in [0.25, 0.3) is 6.08 Å². The van der Waals surface area contributed by atoms with Crippen LogP contribution in [0.3, 0.4) is 0 Å². The molecule has 0 aromatic heterocycles. The van der Waals surface area contributed by atoms with E-state index in [0.717, 1.165) is 28.6 Å². The number of ether oxygens (including phenoxy) is 2. The molecule has 6 nitrogen and oxygen atoms in total. The maximum Gasteiger partial charge on any atom is 0.293 e. The van der Waals surface area contributed by atoms with Crippen LogP contribution >= 0.6 is 11.8 Å². The SMILES string of the molecule is CCCOc1ccc(/C=C2\SC(=O)N(Cc3ccccc3C#N)C2=O)cc1OCC. The molecule has 0 bridgehead atoms. The van der Waals surface area contributed by atoms with Crippen LogP contribution in [0.5, 0.6) is 11.5 Å². The number of thioether (sulfide) groups is 1. The first-order chi connectivity index (χ1) is 14.6. The summed E-state index contributed by atoms with van der Waals surface area (Å²) in [6, 6.07) is 14.5. The Morgan fingerprint density at radius 1 is 1.10 bits per heavy atom. The number of carbonyl (C=O) groups excluding carboxylic acids is 2. The molecule has 0 aliphatic carbocycles. The highest BCUT2D eigenvalue weighted by molar-refractivity contribution is 8.18. The predicted octanol–water partition coefficient (Wildman–Crippen LogP) is 4.98. The molecule has 1 aliphatic heterocycles. The first kappa shape index (κ1) is 21.5. The molecule has 0 atom stereocenters. The van der Waals surface area contributed by atoms with Crippen molar-refractivity contribution in [3.63, 3.8) is 0 Å². The van der Waals surface area contributed by atoms with E-state index in [2.05, 4.69) is 6.07 Å². The van der Waals surface area contributed by atoms with Gasteiger partial charge >= 0.3 is 0 Å². The lowest BCUT2D eigenvalue weighted by molar-refractivity contribution is -0.123. The fourth-order valence-electron chi connectivity index (χ4n) is 2.94. The van der Waals surface area contributed by atoms with Crippen LogP contribution in [0, 0.1) is 11.3 Å². The lowest BCUT2D eigenvalue weighted by Crippen LogP contribution is -2.27. The maximum atomic E-state index is 12.8. The van der Waals surface area contributed by atoms with Gasteiger partial charge in [-0.2, -0.15) is 5.26 Å². The van der Waals surface area contributed by atoms with Crippen LogP contribution in [0.15, 0.2) is 47.4 Å². The van der Waals surface area contributed by atoms with Gasteiger partial charge in [0.15, 0.2) is 11.5 Å². The maximum absolute atomic E-state index is 12.8. The highest BCUT2D eigenvalue weighted by atomic mass is 32.2. The van der Waals surface area contributed by atoms with Crippen LogP contribution in [0.4, 0.5) is 4.79 Å². The number of rotatable bonds is 8. The van der Waals surface area contributed by atoms with E-state index >= 15 is 0 Å². The van der Waals surface area contributed by atoms with Gasteiger partial charge in [0.1, 0.15) is 0 Å². The molecule has 2 aromatic rings. The number of hydrogen-bond acceptors (Lipinski definition) is 6. The van der Waals surface area contributed by atoms with Crippen molar-refractivity contribution in [2.75, 3.05) is 13.2 Å². The summed E-state index contributed by atoms with van der Waals surface area (Å²) in [5.74, 6) is 0.876. The Hall–Kier alpha value is -3.24. The summed E-state index contributed by atoms with van der Waals surface area (Å²) in [5.41, 5.74) is 1.83. The Morgan fingerprint density at radius 2 is 1.90 bits per heavy atom. The van der Waals surface area contributed by atoms with Gasteiger partial charge in [0.25, 0.3) is 11.1 Å². The van der Waals surface area contributed by atoms with E-state index in [1.165, 1.54) is 0 Å². The van der Waals surface area contributed by atoms with Crippen LogP contribution in [-0.2, 0) is 11.3 Å². The molecular formula is C23H22N2O4S. The number of carbonyl (C=O) groups is 2. The van der Waals surface area contributed by atoms with Crippen molar-refractivity contribution < 1.29 is 19.1 Å². The predicted molar refractivity (Wildman–Crippen MR) is 116 cm³/mol. The van der Waals surface area contributed by atoms with E-state index in [4.69, 9.17) is 9.47 Å². The third-order valence-electron chi connectivity index (χ3n) is 4.37. The first-order valence-corrected chi connectivity index (χ1v) is 10.5. The molecule has 1 heterocycles. The van der Waals surface area contributed by atoms with Crippen LogP contribution in [-0.4, -0.2) is 29.3 Å². The monoisotopic (exact) mass is 422 g/mol. The summed E-state index contributed by atoms with van der Waals surface area (Å²) >= 11 is 0.890. The van der Waals surface area contributed by atoms with E-state index in [1.807, 2.05) is 19.9 Å². The Morgan fingerprint density at radius 3 is 2.63 bits per heavy atom. The number of nitrogens with zero attached hydrogens (tertiary/aromatic N) is 2. The summed E-state index contributed by atoms with van der Waals surface area (Å²) in [6.45, 7) is 5.06. The Balaban J connectivity index is 1.83. The topological polar surface area (TPSA) is 79.6 Å². The minimum atomic E-state index is -0.373. The second-order valence-electron chi connectivity index (χ2n) is 6.52. The second-order valence-corrected chi connectivity index (χ2v) is 7.52. The summed E-state index contributed by atoms with van der Waals surface area (Å²) in [7, 11) is 0. The number of imide groups is 1. The van der Waals surface area contributed by atoms with Gasteiger partial charge in [0.05, 0.1) is 36.3 Å². The lowest BCUT2D eigenvalue weighted by atomic mass is 10.1. The van der Waals surface area contributed by atoms with Crippen LogP contribution in [0.1, 0.15) is 37.0 Å². The molecule has 0 radical (unpaired) electrons. The molecule has 7 heteroatoms. The van der Waals surface area contributed by atoms with Gasteiger partial charge in [-0.15, -0.1) is 0 Å². The Bertz CT molecular complexity index is 1030. The molecule has 1 aliphatic rings. The van der Waals surface area contributed by atoms with E-state index in [9.17, 15) is 14.9 Å². The van der Waals surface area contributed by atoms with Gasteiger partial charge in [-0.25, -0.2) is 0 Å². The van der Waals surface area contributed by atoms with Gasteiger partial charge in [-0.05, 0) is 60.5 Å². The normalized spacial score (nSPS) is 14.8. The minimum Gasteiger partial charge on any atom is -0.490 e. The zero-order valence-electron chi connectivity index (χ0n) is 16.9. The van der Waals surface area contributed by atoms with Crippen LogP contribution < -0.4 is 9.47 Å². The summed E-state index contributed by atoms with van der Waals surface area (Å²) in [4.78, 5) is 26.7. The summed E-state index contributed by atoms with van der Waals surface area (Å²) in [5, 5.41) is 8.89. The first-order valence-electron chi connectivity index (χ1n) is 9.70. The zero-order valence-corrected chi connectivity index (χ0v) is 17.7. The molecule has 0 unspecified atom stereocenters. The average Bonchev–Trinajstić information content (AvgIpc) is 3.01. The zero-order chi connectivity index (χ0) is 21.5. The molecule has 0 spiro atoms. The van der Waals surface area contributed by atoms with E-state index in [-0.39, 0.29) is 17.7 Å². The molecule has 30 heavy (non-hydrogen) atoms. The number of nitriles is 1. The van der Waals surface area contributed by atoms with Crippen molar-refractivity contribution in [2.24, 2.45) is 0 Å². The van der Waals surface area contributed by atoms with Crippen molar-refractivity contribution in [1.29, 1.82) is 5.26 Å². The van der Waals surface area contributed by atoms with Gasteiger partial charge in [0, 0.05) is 0 Å². The summed E-state index contributed by atoms with van der Waals surface area (Å²) < 4.78 is 11.4. The highest BCUT2D eigenvalue weighted by Gasteiger charge is 2.35. The number of hydrogen-bond donors (Lipinski definition) is 0. The average molecular weight is 423 g/mol. The largest absolute Gasteiger partial charge is 0.490 e. The van der Waals surface area contributed by atoms with E-state index in [1.54, 1.807) is 42.5 Å². The molecule has 154 valence electrons. The van der Waals surface area contributed by atoms with Crippen molar-refractivity contribution in [1.82, 2.24) is 4.90 Å². The summed E-state index contributed by atoms with van der Waals surface area (Å²) in [6.07, 6.45) is 2.56. The molecule has 1 saturated heterocycles. The van der Waals surface area contributed by atoms with Gasteiger partial charge in [-0.1, -0.05) is 31.2 Å². The van der Waals surface area contributed by atoms with E-state index < -0.39 is 0 Å². The molecule has 0 N–H and O–H groups in total. The smallest absolute Gasteiger partial charge is 0.293 e. The van der Waals surface area contributed by atoms with E-state index in [0.29, 0.717) is 40.7 Å². The standard InChI is InChI=1S/C23H22N2O4S/c1-3-11-29-19-10-9-16(12-20(19)28-4-2)13-21-22(26)25(23(27)30-21)15-18-8-6-5-7-17(18)14-24/h5-10,12-13H,3-4,11,15H2,1-2H3/b21-13-. The molecule has 1 fully saturated rings. The van der Waals surface area contributed by atoms with Gasteiger partial charge in [-0.3, -0.25) is 14.5 Å². The quantitative estimate of drug-likeness (QED) is 0.558. The molecular weight excluding hydrogens is 400 g/mol. The van der Waals surface area contributed by atoms with Gasteiger partial charge < -0.3 is 9.47 Å². The minimum absolute atomic E-state index is 0.0692. The Labute approximate surface area is 180 Å². The third-order valence-corrected chi connectivity index (χ3v) is 5.27. The van der Waals surface area contributed by atoms with Crippen molar-refractivity contribution in [3.8, 4) is 17.6 Å².